The van der Waals surface area contributed by atoms with E-state index in [1.807, 2.05) is 13.0 Å². The third-order valence-corrected chi connectivity index (χ3v) is 3.31. The van der Waals surface area contributed by atoms with Crippen molar-refractivity contribution in [2.24, 2.45) is 5.10 Å². The summed E-state index contributed by atoms with van der Waals surface area (Å²) in [6, 6.07) is 10.0. The van der Waals surface area contributed by atoms with Crippen LogP contribution in [0.4, 0.5) is 5.82 Å². The van der Waals surface area contributed by atoms with Crippen LogP contribution in [0.1, 0.15) is 29.3 Å². The van der Waals surface area contributed by atoms with Crippen LogP contribution in [-0.4, -0.2) is 22.5 Å². The van der Waals surface area contributed by atoms with Crippen molar-refractivity contribution >= 4 is 34.9 Å². The quantitative estimate of drug-likeness (QED) is 0.645. The standard InChI is InChI=1S/C17H17ClN4O2/c1-11-7-8-19-15(9-11)20-16(23)10-12(2)21-22-17(24)13-3-5-14(18)6-4-13/h3-9H,10H2,1-2H3,(H,22,24)(H,19,20,23)/b21-12-. The fraction of sp³-hybridized carbons (Fsp3) is 0.176. The number of amides is 2. The molecule has 2 amide bonds. The number of carbonyl (C=O) groups excluding carboxylic acids is 2. The lowest BCUT2D eigenvalue weighted by atomic mass is 10.2. The fourth-order valence-corrected chi connectivity index (χ4v) is 2.00. The van der Waals surface area contributed by atoms with Gasteiger partial charge in [-0.05, 0) is 55.8 Å². The molecule has 0 spiro atoms. The highest BCUT2D eigenvalue weighted by Crippen LogP contribution is 2.09. The highest BCUT2D eigenvalue weighted by molar-refractivity contribution is 6.30. The molecular formula is C17H17ClN4O2. The van der Waals surface area contributed by atoms with Crippen LogP contribution in [0, 0.1) is 6.92 Å². The lowest BCUT2D eigenvalue weighted by Gasteiger charge is -2.05. The minimum Gasteiger partial charge on any atom is -0.310 e. The van der Waals surface area contributed by atoms with E-state index in [1.54, 1.807) is 43.5 Å². The van der Waals surface area contributed by atoms with Crippen LogP contribution in [-0.2, 0) is 4.79 Å². The first-order valence-electron chi connectivity index (χ1n) is 7.25. The zero-order valence-corrected chi connectivity index (χ0v) is 14.1. The van der Waals surface area contributed by atoms with Gasteiger partial charge >= 0.3 is 0 Å². The van der Waals surface area contributed by atoms with Crippen LogP contribution in [0.25, 0.3) is 0 Å². The van der Waals surface area contributed by atoms with Crippen molar-refractivity contribution in [3.63, 3.8) is 0 Å². The number of aromatic nitrogens is 1. The third kappa shape index (κ3) is 5.48. The predicted molar refractivity (Wildman–Crippen MR) is 94.2 cm³/mol. The molecule has 0 radical (unpaired) electrons. The Morgan fingerprint density at radius 2 is 1.92 bits per heavy atom. The number of anilines is 1. The number of aryl methyl sites for hydroxylation is 1. The molecule has 7 heteroatoms. The molecule has 1 aromatic heterocycles. The SMILES string of the molecule is C/C(CC(=O)Nc1cc(C)ccn1)=N/NC(=O)c1ccc(Cl)cc1. The van der Waals surface area contributed by atoms with E-state index in [2.05, 4.69) is 20.8 Å². The molecule has 0 saturated heterocycles. The average Bonchev–Trinajstić information content (AvgIpc) is 2.53. The summed E-state index contributed by atoms with van der Waals surface area (Å²) in [5, 5.41) is 7.15. The first-order valence-corrected chi connectivity index (χ1v) is 7.63. The Bertz CT molecular complexity index is 772. The zero-order valence-electron chi connectivity index (χ0n) is 13.3. The van der Waals surface area contributed by atoms with E-state index in [4.69, 9.17) is 11.6 Å². The Balaban J connectivity index is 1.87. The largest absolute Gasteiger partial charge is 0.310 e. The first-order chi connectivity index (χ1) is 11.4. The maximum Gasteiger partial charge on any atom is 0.271 e. The lowest BCUT2D eigenvalue weighted by molar-refractivity contribution is -0.115. The number of halogens is 1. The summed E-state index contributed by atoms with van der Waals surface area (Å²) in [5.74, 6) is -0.139. The number of carbonyl (C=O) groups is 2. The van der Waals surface area contributed by atoms with Gasteiger partial charge < -0.3 is 5.32 Å². The van der Waals surface area contributed by atoms with Gasteiger partial charge in [-0.25, -0.2) is 10.4 Å². The normalized spacial score (nSPS) is 11.0. The topological polar surface area (TPSA) is 83.4 Å². The molecule has 2 aromatic rings. The summed E-state index contributed by atoms with van der Waals surface area (Å²) in [6.07, 6.45) is 1.68. The van der Waals surface area contributed by atoms with Gasteiger partial charge in [0.1, 0.15) is 5.82 Å². The Kier molecular flexibility index (Phi) is 6.03. The van der Waals surface area contributed by atoms with E-state index >= 15 is 0 Å². The minimum absolute atomic E-state index is 0.0521. The molecule has 2 N–H and O–H groups in total. The van der Waals surface area contributed by atoms with E-state index in [1.165, 1.54) is 0 Å². The van der Waals surface area contributed by atoms with E-state index in [0.717, 1.165) is 5.56 Å². The van der Waals surface area contributed by atoms with Gasteiger partial charge in [-0.1, -0.05) is 11.6 Å². The molecule has 0 unspecified atom stereocenters. The minimum atomic E-state index is -0.369. The number of hydrogen-bond donors (Lipinski definition) is 2. The van der Waals surface area contributed by atoms with E-state index in [0.29, 0.717) is 22.1 Å². The Labute approximate surface area is 144 Å². The highest BCUT2D eigenvalue weighted by Gasteiger charge is 2.07. The van der Waals surface area contributed by atoms with Gasteiger partial charge in [-0.15, -0.1) is 0 Å². The van der Waals surface area contributed by atoms with Gasteiger partial charge in [0.2, 0.25) is 5.91 Å². The van der Waals surface area contributed by atoms with Gasteiger partial charge in [0, 0.05) is 22.5 Å². The molecule has 0 atom stereocenters. The lowest BCUT2D eigenvalue weighted by Crippen LogP contribution is -2.21. The summed E-state index contributed by atoms with van der Waals surface area (Å²) in [7, 11) is 0. The van der Waals surface area contributed by atoms with E-state index in [-0.39, 0.29) is 18.2 Å². The number of rotatable bonds is 5. The molecule has 2 rings (SSSR count). The molecule has 124 valence electrons. The van der Waals surface area contributed by atoms with Crippen molar-refractivity contribution in [1.82, 2.24) is 10.4 Å². The molecule has 1 heterocycles. The molecule has 0 aliphatic heterocycles. The Hall–Kier alpha value is -2.73. The van der Waals surface area contributed by atoms with Crippen molar-refractivity contribution in [1.29, 1.82) is 0 Å². The molecule has 0 aliphatic carbocycles. The molecule has 0 bridgehead atoms. The van der Waals surface area contributed by atoms with Gasteiger partial charge in [0.15, 0.2) is 0 Å². The molecule has 0 aliphatic rings. The van der Waals surface area contributed by atoms with Crippen LogP contribution in [0.15, 0.2) is 47.7 Å². The van der Waals surface area contributed by atoms with Crippen molar-refractivity contribution in [3.8, 4) is 0 Å². The summed E-state index contributed by atoms with van der Waals surface area (Å²) in [6.45, 7) is 3.57. The van der Waals surface area contributed by atoms with Crippen LogP contribution in [0.2, 0.25) is 5.02 Å². The van der Waals surface area contributed by atoms with Crippen molar-refractivity contribution in [3.05, 3.63) is 58.7 Å². The molecule has 24 heavy (non-hydrogen) atoms. The number of hydrogen-bond acceptors (Lipinski definition) is 4. The average molecular weight is 345 g/mol. The second-order valence-corrected chi connectivity index (χ2v) is 5.67. The molecule has 6 nitrogen and oxygen atoms in total. The van der Waals surface area contributed by atoms with Gasteiger partial charge in [0.25, 0.3) is 5.91 Å². The zero-order chi connectivity index (χ0) is 17.5. The maximum atomic E-state index is 11.9. The van der Waals surface area contributed by atoms with Gasteiger partial charge in [-0.2, -0.15) is 5.10 Å². The number of pyridine rings is 1. The van der Waals surface area contributed by atoms with Crippen molar-refractivity contribution < 1.29 is 9.59 Å². The van der Waals surface area contributed by atoms with Crippen LogP contribution >= 0.6 is 11.6 Å². The van der Waals surface area contributed by atoms with Crippen LogP contribution in [0.3, 0.4) is 0 Å². The number of benzene rings is 1. The summed E-state index contributed by atoms with van der Waals surface area (Å²) in [5.41, 5.74) is 4.32. The van der Waals surface area contributed by atoms with E-state index < -0.39 is 0 Å². The third-order valence-electron chi connectivity index (χ3n) is 3.05. The van der Waals surface area contributed by atoms with Crippen molar-refractivity contribution in [2.45, 2.75) is 20.3 Å². The molecule has 0 saturated carbocycles. The molecule has 1 aromatic carbocycles. The number of nitrogens with zero attached hydrogens (tertiary/aromatic N) is 2. The number of nitrogens with one attached hydrogen (secondary N) is 2. The van der Waals surface area contributed by atoms with Crippen LogP contribution in [0.5, 0.6) is 0 Å². The fourth-order valence-electron chi connectivity index (χ4n) is 1.88. The van der Waals surface area contributed by atoms with Gasteiger partial charge in [0.05, 0.1) is 6.42 Å². The Morgan fingerprint density at radius 1 is 1.21 bits per heavy atom. The summed E-state index contributed by atoms with van der Waals surface area (Å²) < 4.78 is 0. The second kappa shape index (κ2) is 8.21. The predicted octanol–water partition coefficient (Wildman–Crippen LogP) is 3.18. The second-order valence-electron chi connectivity index (χ2n) is 5.24. The Morgan fingerprint density at radius 3 is 2.58 bits per heavy atom. The molecular weight excluding hydrogens is 328 g/mol. The van der Waals surface area contributed by atoms with Gasteiger partial charge in [-0.3, -0.25) is 9.59 Å². The monoisotopic (exact) mass is 344 g/mol. The van der Waals surface area contributed by atoms with Crippen molar-refractivity contribution in [2.75, 3.05) is 5.32 Å². The van der Waals surface area contributed by atoms with E-state index in [9.17, 15) is 9.59 Å². The summed E-state index contributed by atoms with van der Waals surface area (Å²) >= 11 is 5.77. The summed E-state index contributed by atoms with van der Waals surface area (Å²) in [4.78, 5) is 27.9. The van der Waals surface area contributed by atoms with Crippen LogP contribution < -0.4 is 10.7 Å². The maximum absolute atomic E-state index is 11.9. The number of hydrazone groups is 1. The highest BCUT2D eigenvalue weighted by atomic mass is 35.5. The smallest absolute Gasteiger partial charge is 0.271 e. The first kappa shape index (κ1) is 17.6. The molecule has 0 fully saturated rings.